The molecule has 0 saturated carbocycles. The van der Waals surface area contributed by atoms with E-state index < -0.39 is 11.8 Å². The Hall–Kier alpha value is -2.93. The smallest absolute Gasteiger partial charge is 0.337 e. The second-order valence-electron chi connectivity index (χ2n) is 7.30. The van der Waals surface area contributed by atoms with Gasteiger partial charge in [0.05, 0.1) is 19.2 Å². The summed E-state index contributed by atoms with van der Waals surface area (Å²) in [5, 5.41) is 0. The van der Waals surface area contributed by atoms with Crippen LogP contribution in [-0.2, 0) is 11.3 Å². The molecule has 29 heavy (non-hydrogen) atoms. The third-order valence-corrected chi connectivity index (χ3v) is 5.12. The average Bonchev–Trinajstić information content (AvgIpc) is 2.72. The van der Waals surface area contributed by atoms with Gasteiger partial charge in [0.2, 0.25) is 0 Å². The monoisotopic (exact) mass is 399 g/mol. The van der Waals surface area contributed by atoms with Crippen LogP contribution >= 0.6 is 0 Å². The van der Waals surface area contributed by atoms with E-state index in [9.17, 15) is 14.0 Å². The highest BCUT2D eigenvalue weighted by molar-refractivity contribution is 5.92. The summed E-state index contributed by atoms with van der Waals surface area (Å²) in [4.78, 5) is 30.5. The van der Waals surface area contributed by atoms with Gasteiger partial charge in [0, 0.05) is 37.4 Å². The first-order valence-corrected chi connectivity index (χ1v) is 9.57. The molecule has 1 aliphatic heterocycles. The Labute approximate surface area is 170 Å². The number of methoxy groups -OCH3 is 1. The Morgan fingerprint density at radius 1 is 1.10 bits per heavy atom. The van der Waals surface area contributed by atoms with Crippen molar-refractivity contribution in [3.05, 3.63) is 65.0 Å². The molecule has 2 amide bonds. The Morgan fingerprint density at radius 3 is 2.45 bits per heavy atom. The van der Waals surface area contributed by atoms with Crippen LogP contribution in [0.2, 0.25) is 0 Å². The first kappa shape index (κ1) is 20.8. The molecule has 0 N–H and O–H groups in total. The van der Waals surface area contributed by atoms with E-state index in [0.717, 1.165) is 24.7 Å². The fourth-order valence-corrected chi connectivity index (χ4v) is 3.32. The van der Waals surface area contributed by atoms with Gasteiger partial charge in [-0.2, -0.15) is 0 Å². The van der Waals surface area contributed by atoms with Gasteiger partial charge in [0.15, 0.2) is 0 Å². The summed E-state index contributed by atoms with van der Waals surface area (Å²) in [5.74, 6) is -1.14. The molecule has 7 heteroatoms. The normalized spacial score (nSPS) is 14.6. The average molecular weight is 399 g/mol. The van der Waals surface area contributed by atoms with E-state index in [2.05, 4.69) is 9.64 Å². The van der Waals surface area contributed by atoms with Gasteiger partial charge in [-0.25, -0.2) is 14.0 Å². The maximum Gasteiger partial charge on any atom is 0.337 e. The predicted molar refractivity (Wildman–Crippen MR) is 110 cm³/mol. The van der Waals surface area contributed by atoms with E-state index in [4.69, 9.17) is 0 Å². The Balaban J connectivity index is 1.89. The minimum Gasteiger partial charge on any atom is -0.465 e. The van der Waals surface area contributed by atoms with Gasteiger partial charge >= 0.3 is 12.0 Å². The minimum atomic E-state index is -0.598. The van der Waals surface area contributed by atoms with Crippen molar-refractivity contribution < 1.29 is 18.7 Å². The first-order valence-electron chi connectivity index (χ1n) is 9.57. The van der Waals surface area contributed by atoms with Crippen LogP contribution in [0.3, 0.4) is 0 Å². The Bertz CT molecular complexity index is 895. The summed E-state index contributed by atoms with van der Waals surface area (Å²) in [7, 11) is 3.28. The quantitative estimate of drug-likeness (QED) is 0.741. The van der Waals surface area contributed by atoms with Crippen LogP contribution in [0.5, 0.6) is 0 Å². The number of nitrogens with zero attached hydrogens (tertiary/aromatic N) is 3. The molecule has 0 aliphatic carbocycles. The van der Waals surface area contributed by atoms with Gasteiger partial charge in [-0.05, 0) is 43.8 Å². The van der Waals surface area contributed by atoms with Crippen LogP contribution in [0, 0.1) is 12.7 Å². The third kappa shape index (κ3) is 4.92. The third-order valence-electron chi connectivity index (χ3n) is 5.12. The number of hydrogen-bond acceptors (Lipinski definition) is 4. The lowest BCUT2D eigenvalue weighted by Crippen LogP contribution is -2.52. The summed E-state index contributed by atoms with van der Waals surface area (Å²) in [5.41, 5.74) is 2.20. The molecule has 6 nitrogen and oxygen atoms in total. The van der Waals surface area contributed by atoms with Gasteiger partial charge < -0.3 is 14.5 Å². The van der Waals surface area contributed by atoms with E-state index in [1.165, 1.54) is 19.2 Å². The largest absolute Gasteiger partial charge is 0.465 e. The van der Waals surface area contributed by atoms with Crippen molar-refractivity contribution in [1.82, 2.24) is 9.80 Å². The zero-order valence-corrected chi connectivity index (χ0v) is 17.0. The molecule has 2 aromatic carbocycles. The second kappa shape index (κ2) is 9.05. The van der Waals surface area contributed by atoms with Gasteiger partial charge in [-0.15, -0.1) is 0 Å². The van der Waals surface area contributed by atoms with Gasteiger partial charge in [-0.3, -0.25) is 4.90 Å². The number of rotatable bonds is 4. The molecule has 2 aromatic rings. The van der Waals surface area contributed by atoms with Crippen molar-refractivity contribution in [3.8, 4) is 0 Å². The number of carbonyl (C=O) groups excluding carboxylic acids is 2. The van der Waals surface area contributed by atoms with E-state index in [1.54, 1.807) is 9.80 Å². The molecular formula is C22H26FN3O3. The highest BCUT2D eigenvalue weighted by Crippen LogP contribution is 2.23. The molecule has 0 aromatic heterocycles. The molecule has 3 rings (SSSR count). The lowest BCUT2D eigenvalue weighted by molar-refractivity contribution is 0.0600. The fraction of sp³-hybridized carbons (Fsp3) is 0.364. The number of benzene rings is 2. The van der Waals surface area contributed by atoms with Crippen molar-refractivity contribution in [3.63, 3.8) is 0 Å². The molecule has 0 bridgehead atoms. The number of carbonyl (C=O) groups is 2. The van der Waals surface area contributed by atoms with Crippen LogP contribution in [0.1, 0.15) is 21.5 Å². The van der Waals surface area contributed by atoms with Crippen LogP contribution in [0.15, 0.2) is 42.5 Å². The molecule has 1 saturated heterocycles. The molecule has 0 radical (unpaired) electrons. The lowest BCUT2D eigenvalue weighted by atomic mass is 10.1. The van der Waals surface area contributed by atoms with E-state index in [-0.39, 0.29) is 18.1 Å². The second-order valence-corrected chi connectivity index (χ2v) is 7.30. The fourth-order valence-electron chi connectivity index (χ4n) is 3.32. The number of piperazine rings is 1. The van der Waals surface area contributed by atoms with E-state index in [1.807, 2.05) is 38.2 Å². The SMILES string of the molecule is COC(=O)c1ccc(CN(C(=O)N2CCN(C)CC2)c2cccc(C)c2)c(F)c1. The first-order chi connectivity index (χ1) is 13.9. The topological polar surface area (TPSA) is 53.1 Å². The van der Waals surface area contributed by atoms with Crippen LogP contribution < -0.4 is 4.90 Å². The predicted octanol–water partition coefficient (Wildman–Crippen LogP) is 3.29. The highest BCUT2D eigenvalue weighted by Gasteiger charge is 2.26. The Kier molecular flexibility index (Phi) is 6.49. The van der Waals surface area contributed by atoms with Gasteiger partial charge in [0.25, 0.3) is 0 Å². The lowest BCUT2D eigenvalue weighted by Gasteiger charge is -2.36. The van der Waals surface area contributed by atoms with E-state index in [0.29, 0.717) is 24.3 Å². The summed E-state index contributed by atoms with van der Waals surface area (Å²) < 4.78 is 19.3. The van der Waals surface area contributed by atoms with Crippen LogP contribution in [0.4, 0.5) is 14.9 Å². The molecule has 154 valence electrons. The number of esters is 1. The molecule has 1 aliphatic rings. The summed E-state index contributed by atoms with van der Waals surface area (Å²) in [6.45, 7) is 4.88. The summed E-state index contributed by atoms with van der Waals surface area (Å²) in [6, 6.07) is 11.6. The van der Waals surface area contributed by atoms with Crippen LogP contribution in [-0.4, -0.2) is 62.1 Å². The highest BCUT2D eigenvalue weighted by atomic mass is 19.1. The van der Waals surface area contributed by atoms with Gasteiger partial charge in [-0.1, -0.05) is 18.2 Å². The Morgan fingerprint density at radius 2 is 1.83 bits per heavy atom. The number of likely N-dealkylation sites (N-methyl/N-ethyl adjacent to an activating group) is 1. The van der Waals surface area contributed by atoms with Gasteiger partial charge in [0.1, 0.15) is 5.82 Å². The summed E-state index contributed by atoms with van der Waals surface area (Å²) in [6.07, 6.45) is 0. The molecule has 0 unspecified atom stereocenters. The number of amides is 2. The number of anilines is 1. The van der Waals surface area contributed by atoms with Crippen LogP contribution in [0.25, 0.3) is 0 Å². The van der Waals surface area contributed by atoms with E-state index >= 15 is 0 Å². The standard InChI is InChI=1S/C22H26FN3O3/c1-16-5-4-6-19(13-16)26(22(28)25-11-9-24(2)10-12-25)15-18-8-7-17(14-20(18)23)21(27)29-3/h4-8,13-14H,9-12,15H2,1-3H3. The minimum absolute atomic E-state index is 0.0713. The maximum atomic E-state index is 14.7. The van der Waals surface area contributed by atoms with Crippen molar-refractivity contribution in [2.24, 2.45) is 0 Å². The number of aryl methyl sites for hydroxylation is 1. The molecule has 1 heterocycles. The molecule has 0 spiro atoms. The maximum absolute atomic E-state index is 14.7. The summed E-state index contributed by atoms with van der Waals surface area (Å²) >= 11 is 0. The number of hydrogen-bond donors (Lipinski definition) is 0. The molecule has 0 atom stereocenters. The van der Waals surface area contributed by atoms with Crippen molar-refractivity contribution in [2.75, 3.05) is 45.2 Å². The zero-order valence-electron chi connectivity index (χ0n) is 17.0. The molecule has 1 fully saturated rings. The van der Waals surface area contributed by atoms with Crippen molar-refractivity contribution in [1.29, 1.82) is 0 Å². The number of urea groups is 1. The zero-order chi connectivity index (χ0) is 21.0. The number of ether oxygens (including phenoxy) is 1. The molecular weight excluding hydrogens is 373 g/mol. The van der Waals surface area contributed by atoms with Crippen molar-refractivity contribution >= 4 is 17.7 Å². The van der Waals surface area contributed by atoms with Crippen molar-refractivity contribution in [2.45, 2.75) is 13.5 Å². The number of halogens is 1.